The van der Waals surface area contributed by atoms with Crippen LogP contribution in [0.5, 0.6) is 0 Å². The Morgan fingerprint density at radius 2 is 2.06 bits per heavy atom. The number of carbonyl (C=O) groups excluding carboxylic acids is 1. The molecular weight excluding hydrogens is 208 g/mol. The maximum atomic E-state index is 11.3. The van der Waals surface area contributed by atoms with E-state index in [4.69, 9.17) is 0 Å². The van der Waals surface area contributed by atoms with Gasteiger partial charge in [-0.05, 0) is 33.3 Å². The molecule has 5 heteroatoms. The van der Waals surface area contributed by atoms with E-state index in [9.17, 15) is 9.90 Å². The van der Waals surface area contributed by atoms with E-state index in [0.717, 1.165) is 17.0 Å². The number of aliphatic hydroxyl groups is 1. The zero-order valence-corrected chi connectivity index (χ0v) is 10.4. The second kappa shape index (κ2) is 4.25. The van der Waals surface area contributed by atoms with Crippen molar-refractivity contribution in [2.75, 3.05) is 7.11 Å². The van der Waals surface area contributed by atoms with Gasteiger partial charge >= 0.3 is 5.97 Å². The molecule has 0 fully saturated rings. The van der Waals surface area contributed by atoms with Gasteiger partial charge in [-0.25, -0.2) is 4.79 Å². The molecule has 5 nitrogen and oxygen atoms in total. The molecule has 1 aromatic heterocycles. The minimum Gasteiger partial charge on any atom is -0.467 e. The van der Waals surface area contributed by atoms with Crippen LogP contribution in [0.25, 0.3) is 0 Å². The Morgan fingerprint density at radius 1 is 1.50 bits per heavy atom. The van der Waals surface area contributed by atoms with E-state index < -0.39 is 11.6 Å². The molecule has 1 unspecified atom stereocenters. The first-order chi connectivity index (χ1) is 7.29. The van der Waals surface area contributed by atoms with Gasteiger partial charge in [-0.15, -0.1) is 0 Å². The van der Waals surface area contributed by atoms with Crippen LogP contribution in [0.15, 0.2) is 0 Å². The van der Waals surface area contributed by atoms with E-state index >= 15 is 0 Å². The summed E-state index contributed by atoms with van der Waals surface area (Å²) >= 11 is 0. The van der Waals surface area contributed by atoms with E-state index in [1.54, 1.807) is 4.68 Å². The van der Waals surface area contributed by atoms with Crippen molar-refractivity contribution < 1.29 is 14.6 Å². The van der Waals surface area contributed by atoms with Gasteiger partial charge in [0.25, 0.3) is 0 Å². The lowest BCUT2D eigenvalue weighted by molar-refractivity contribution is -0.162. The van der Waals surface area contributed by atoms with Crippen LogP contribution in [0.3, 0.4) is 0 Å². The maximum absolute atomic E-state index is 11.3. The molecule has 1 N–H and O–H groups in total. The van der Waals surface area contributed by atoms with Gasteiger partial charge in [0.15, 0.2) is 5.60 Å². The topological polar surface area (TPSA) is 64.3 Å². The van der Waals surface area contributed by atoms with Gasteiger partial charge in [0.05, 0.1) is 19.3 Å². The molecule has 1 atom stereocenters. The predicted octanol–water partition coefficient (Wildman–Crippen LogP) is 0.732. The van der Waals surface area contributed by atoms with Crippen molar-refractivity contribution in [3.63, 3.8) is 0 Å². The fourth-order valence-electron chi connectivity index (χ4n) is 1.52. The van der Waals surface area contributed by atoms with Gasteiger partial charge in [0.1, 0.15) is 0 Å². The van der Waals surface area contributed by atoms with Gasteiger partial charge in [0, 0.05) is 5.69 Å². The van der Waals surface area contributed by atoms with Gasteiger partial charge < -0.3 is 9.84 Å². The number of rotatable bonds is 3. The first-order valence-electron chi connectivity index (χ1n) is 5.11. The molecular formula is C11H18N2O3. The Labute approximate surface area is 95.0 Å². The van der Waals surface area contributed by atoms with Crippen LogP contribution >= 0.6 is 0 Å². The van der Waals surface area contributed by atoms with Crippen molar-refractivity contribution in [2.24, 2.45) is 0 Å². The Kier molecular flexibility index (Phi) is 3.38. The number of aryl methyl sites for hydroxylation is 1. The highest BCUT2D eigenvalue weighted by Gasteiger charge is 2.33. The largest absolute Gasteiger partial charge is 0.467 e. The number of hydrogen-bond acceptors (Lipinski definition) is 4. The van der Waals surface area contributed by atoms with E-state index in [0.29, 0.717) is 0 Å². The summed E-state index contributed by atoms with van der Waals surface area (Å²) in [6.07, 6.45) is 0. The molecule has 1 heterocycles. The lowest BCUT2D eigenvalue weighted by Gasteiger charge is -2.20. The monoisotopic (exact) mass is 226 g/mol. The van der Waals surface area contributed by atoms with Crippen LogP contribution in [0.4, 0.5) is 0 Å². The molecule has 0 aliphatic carbocycles. The molecule has 16 heavy (non-hydrogen) atoms. The minimum atomic E-state index is -1.55. The molecule has 90 valence electrons. The Balaban J connectivity index is 2.96. The van der Waals surface area contributed by atoms with Gasteiger partial charge in [-0.3, -0.25) is 4.68 Å². The van der Waals surface area contributed by atoms with Crippen molar-refractivity contribution in [3.8, 4) is 0 Å². The van der Waals surface area contributed by atoms with Gasteiger partial charge in [0.2, 0.25) is 0 Å². The van der Waals surface area contributed by atoms with Crippen molar-refractivity contribution in [3.05, 3.63) is 17.0 Å². The number of methoxy groups -OCH3 is 1. The number of esters is 1. The molecule has 1 aromatic rings. The van der Waals surface area contributed by atoms with Crippen molar-refractivity contribution in [1.29, 1.82) is 0 Å². The molecule has 0 bridgehead atoms. The van der Waals surface area contributed by atoms with E-state index in [-0.39, 0.29) is 6.54 Å². The number of nitrogens with zero attached hydrogens (tertiary/aromatic N) is 2. The molecule has 0 aliphatic heterocycles. The maximum Gasteiger partial charge on any atom is 0.339 e. The highest BCUT2D eigenvalue weighted by molar-refractivity contribution is 5.78. The lowest BCUT2D eigenvalue weighted by atomic mass is 10.1. The molecule has 0 amide bonds. The van der Waals surface area contributed by atoms with Crippen molar-refractivity contribution >= 4 is 5.97 Å². The van der Waals surface area contributed by atoms with Crippen LogP contribution in [-0.4, -0.2) is 33.6 Å². The van der Waals surface area contributed by atoms with Crippen LogP contribution in [0.1, 0.15) is 23.9 Å². The zero-order valence-electron chi connectivity index (χ0n) is 10.4. The van der Waals surface area contributed by atoms with E-state index in [1.807, 2.05) is 20.8 Å². The van der Waals surface area contributed by atoms with Crippen molar-refractivity contribution in [1.82, 2.24) is 9.78 Å². The first-order valence-corrected chi connectivity index (χ1v) is 5.11. The van der Waals surface area contributed by atoms with Gasteiger partial charge in [-0.2, -0.15) is 5.10 Å². The van der Waals surface area contributed by atoms with E-state index in [1.165, 1.54) is 14.0 Å². The molecule has 0 aliphatic rings. The average Bonchev–Trinajstić information content (AvgIpc) is 2.44. The smallest absolute Gasteiger partial charge is 0.339 e. The highest BCUT2D eigenvalue weighted by Crippen LogP contribution is 2.15. The average molecular weight is 226 g/mol. The van der Waals surface area contributed by atoms with Crippen molar-refractivity contribution in [2.45, 2.75) is 39.8 Å². The first kappa shape index (κ1) is 12.7. The minimum absolute atomic E-state index is 0.0974. The van der Waals surface area contributed by atoms with Gasteiger partial charge in [-0.1, -0.05) is 0 Å². The summed E-state index contributed by atoms with van der Waals surface area (Å²) in [5.41, 5.74) is 1.37. The quantitative estimate of drug-likeness (QED) is 0.772. The summed E-state index contributed by atoms with van der Waals surface area (Å²) in [6.45, 7) is 7.28. The van der Waals surface area contributed by atoms with Crippen LogP contribution in [-0.2, 0) is 16.1 Å². The van der Waals surface area contributed by atoms with Crippen LogP contribution in [0.2, 0.25) is 0 Å². The third-order valence-corrected chi connectivity index (χ3v) is 2.83. The standard InChI is InChI=1S/C11H18N2O3/c1-7-8(2)12-13(9(7)3)6-11(4,15)10(14)16-5/h15H,6H2,1-5H3. The Bertz CT molecular complexity index is 408. The predicted molar refractivity (Wildman–Crippen MR) is 59.1 cm³/mol. The fourth-order valence-corrected chi connectivity index (χ4v) is 1.52. The third kappa shape index (κ3) is 2.24. The fraction of sp³-hybridized carbons (Fsp3) is 0.636. The molecule has 0 radical (unpaired) electrons. The lowest BCUT2D eigenvalue weighted by Crippen LogP contribution is -2.41. The summed E-state index contributed by atoms with van der Waals surface area (Å²) < 4.78 is 6.16. The summed E-state index contributed by atoms with van der Waals surface area (Å²) in [5, 5.41) is 14.2. The summed E-state index contributed by atoms with van der Waals surface area (Å²) in [6, 6.07) is 0. The summed E-state index contributed by atoms with van der Waals surface area (Å²) in [4.78, 5) is 11.3. The summed E-state index contributed by atoms with van der Waals surface area (Å²) in [5.74, 6) is -0.655. The van der Waals surface area contributed by atoms with Crippen LogP contribution < -0.4 is 0 Å². The number of aromatic nitrogens is 2. The molecule has 0 spiro atoms. The summed E-state index contributed by atoms with van der Waals surface area (Å²) in [7, 11) is 1.25. The molecule has 0 saturated carbocycles. The van der Waals surface area contributed by atoms with E-state index in [2.05, 4.69) is 9.84 Å². The SMILES string of the molecule is COC(=O)C(C)(O)Cn1nc(C)c(C)c1C. The molecule has 0 saturated heterocycles. The third-order valence-electron chi connectivity index (χ3n) is 2.83. The number of hydrogen-bond donors (Lipinski definition) is 1. The molecule has 1 rings (SSSR count). The Morgan fingerprint density at radius 3 is 2.44 bits per heavy atom. The normalized spacial score (nSPS) is 14.6. The second-order valence-corrected chi connectivity index (χ2v) is 4.22. The highest BCUT2D eigenvalue weighted by atomic mass is 16.5. The second-order valence-electron chi connectivity index (χ2n) is 4.22. The Hall–Kier alpha value is -1.36. The number of carbonyl (C=O) groups is 1. The van der Waals surface area contributed by atoms with Crippen LogP contribution in [0, 0.1) is 20.8 Å². The number of ether oxygens (including phenoxy) is 1. The molecule has 0 aromatic carbocycles. The zero-order chi connectivity index (χ0) is 12.5.